The van der Waals surface area contributed by atoms with Gasteiger partial charge in [-0.1, -0.05) is 115 Å². The molecule has 32 heavy (non-hydrogen) atoms. The van der Waals surface area contributed by atoms with Crippen LogP contribution in [0.3, 0.4) is 0 Å². The molecular formula is C30H28NO+. The molecule has 1 N–H and O–H groups in total. The highest BCUT2D eigenvalue weighted by atomic mass is 16.1. The van der Waals surface area contributed by atoms with Crippen LogP contribution in [0.1, 0.15) is 16.7 Å². The zero-order chi connectivity index (χ0) is 22.0. The Labute approximate surface area is 190 Å². The van der Waals surface area contributed by atoms with E-state index in [9.17, 15) is 4.79 Å². The highest BCUT2D eigenvalue weighted by Gasteiger charge is 2.28. The normalized spacial score (nSPS) is 19.4. The fourth-order valence-electron chi connectivity index (χ4n) is 3.93. The number of Topliss-reactive ketones (excluding diaryl/α,β-unsaturated/α-hetero) is 1. The third kappa shape index (κ3) is 6.13. The van der Waals surface area contributed by atoms with Crippen LogP contribution >= 0.6 is 0 Å². The van der Waals surface area contributed by atoms with Gasteiger partial charge in [0, 0.05) is 5.56 Å². The van der Waals surface area contributed by atoms with E-state index in [0.29, 0.717) is 0 Å². The Morgan fingerprint density at radius 1 is 0.625 bits per heavy atom. The molecule has 4 rings (SSSR count). The summed E-state index contributed by atoms with van der Waals surface area (Å²) in [5.41, 5.74) is 5.25. The molecule has 0 bridgehead atoms. The number of piperidine rings is 1. The van der Waals surface area contributed by atoms with Crippen molar-refractivity contribution in [3.05, 3.63) is 143 Å². The summed E-state index contributed by atoms with van der Waals surface area (Å²) in [6, 6.07) is 30.8. The van der Waals surface area contributed by atoms with Gasteiger partial charge in [0.1, 0.15) is 19.6 Å². The molecule has 1 aliphatic rings. The number of hydrogen-bond donors (Lipinski definition) is 1. The molecule has 3 aromatic carbocycles. The lowest BCUT2D eigenvalue weighted by Crippen LogP contribution is -3.12. The third-order valence-electron chi connectivity index (χ3n) is 5.53. The van der Waals surface area contributed by atoms with Crippen molar-refractivity contribution in [2.75, 3.05) is 13.1 Å². The molecule has 1 aliphatic heterocycles. The molecule has 3 aromatic rings. The summed E-state index contributed by atoms with van der Waals surface area (Å²) in [5.74, 6) is 0.150. The van der Waals surface area contributed by atoms with Crippen molar-refractivity contribution in [3.8, 4) is 0 Å². The molecule has 0 radical (unpaired) electrons. The van der Waals surface area contributed by atoms with Crippen molar-refractivity contribution < 1.29 is 9.69 Å². The van der Waals surface area contributed by atoms with Crippen LogP contribution in [0.2, 0.25) is 0 Å². The number of hydrogen-bond acceptors (Lipinski definition) is 1. The van der Waals surface area contributed by atoms with Gasteiger partial charge in [-0.05, 0) is 23.3 Å². The maximum atomic E-state index is 13.2. The molecule has 2 heteroatoms. The topological polar surface area (TPSA) is 21.5 Å². The van der Waals surface area contributed by atoms with Gasteiger partial charge in [-0.15, -0.1) is 0 Å². The van der Waals surface area contributed by atoms with Crippen molar-refractivity contribution in [2.45, 2.75) is 6.54 Å². The minimum absolute atomic E-state index is 0.150. The molecule has 1 heterocycles. The largest absolute Gasteiger partial charge is 0.323 e. The van der Waals surface area contributed by atoms with E-state index in [1.54, 1.807) is 0 Å². The molecule has 1 fully saturated rings. The van der Waals surface area contributed by atoms with E-state index in [1.807, 2.05) is 78.9 Å². The highest BCUT2D eigenvalue weighted by Crippen LogP contribution is 2.12. The van der Waals surface area contributed by atoms with Crippen molar-refractivity contribution in [1.29, 1.82) is 0 Å². The van der Waals surface area contributed by atoms with E-state index < -0.39 is 0 Å². The number of nitrogens with one attached hydrogen (secondary N) is 1. The first-order valence-electron chi connectivity index (χ1n) is 11.0. The molecule has 0 aromatic heterocycles. The standard InChI is InChI=1S/C30H27NO/c32-30-28(20-10-18-25-12-4-1-5-13-25)23-31(22-27-16-8-3-9-17-27)24-29(30)21-11-19-26-14-6-2-7-15-26/h1-21H,22-24H2/p+1/b18-10+,19-11+,28-20-,29-21+. The smallest absolute Gasteiger partial charge is 0.196 e. The van der Waals surface area contributed by atoms with Crippen LogP contribution in [-0.4, -0.2) is 18.9 Å². The maximum absolute atomic E-state index is 13.2. The van der Waals surface area contributed by atoms with Crippen molar-refractivity contribution in [3.63, 3.8) is 0 Å². The highest BCUT2D eigenvalue weighted by molar-refractivity contribution is 6.09. The van der Waals surface area contributed by atoms with Gasteiger partial charge in [-0.3, -0.25) is 4.79 Å². The average Bonchev–Trinajstić information content (AvgIpc) is 2.84. The van der Waals surface area contributed by atoms with Crippen LogP contribution in [0.25, 0.3) is 12.2 Å². The molecule has 1 saturated heterocycles. The van der Waals surface area contributed by atoms with Crippen LogP contribution in [0.4, 0.5) is 0 Å². The number of rotatable bonds is 6. The average molecular weight is 419 g/mol. The summed E-state index contributed by atoms with van der Waals surface area (Å²) in [5, 5.41) is 0. The van der Waals surface area contributed by atoms with Crippen LogP contribution in [0.15, 0.2) is 126 Å². The fraction of sp³-hybridized carbons (Fsp3) is 0.100. The van der Waals surface area contributed by atoms with Crippen LogP contribution in [0.5, 0.6) is 0 Å². The van der Waals surface area contributed by atoms with Gasteiger partial charge in [0.05, 0.1) is 11.1 Å². The zero-order valence-electron chi connectivity index (χ0n) is 18.2. The third-order valence-corrected chi connectivity index (χ3v) is 5.53. The monoisotopic (exact) mass is 418 g/mol. The van der Waals surface area contributed by atoms with E-state index in [0.717, 1.165) is 41.9 Å². The molecule has 1 atom stereocenters. The lowest BCUT2D eigenvalue weighted by atomic mass is 9.96. The molecule has 158 valence electrons. The van der Waals surface area contributed by atoms with E-state index in [4.69, 9.17) is 0 Å². The van der Waals surface area contributed by atoms with E-state index in [2.05, 4.69) is 48.5 Å². The van der Waals surface area contributed by atoms with Crippen LogP contribution in [-0.2, 0) is 11.3 Å². The van der Waals surface area contributed by atoms with Gasteiger partial charge in [0.2, 0.25) is 0 Å². The van der Waals surface area contributed by atoms with Gasteiger partial charge in [-0.25, -0.2) is 0 Å². The molecule has 0 amide bonds. The summed E-state index contributed by atoms with van der Waals surface area (Å²) in [6.07, 6.45) is 12.0. The molecule has 2 nitrogen and oxygen atoms in total. The van der Waals surface area contributed by atoms with Gasteiger partial charge < -0.3 is 4.90 Å². The number of allylic oxidation sites excluding steroid dienone is 4. The summed E-state index contributed by atoms with van der Waals surface area (Å²) in [7, 11) is 0. The first-order valence-corrected chi connectivity index (χ1v) is 11.0. The number of quaternary nitrogens is 1. The second-order valence-electron chi connectivity index (χ2n) is 8.02. The minimum Gasteiger partial charge on any atom is -0.323 e. The summed E-state index contributed by atoms with van der Waals surface area (Å²) in [6.45, 7) is 2.35. The van der Waals surface area contributed by atoms with Gasteiger partial charge >= 0.3 is 0 Å². The van der Waals surface area contributed by atoms with Gasteiger partial charge in [0.15, 0.2) is 5.78 Å². The van der Waals surface area contributed by atoms with E-state index in [-0.39, 0.29) is 5.78 Å². The van der Waals surface area contributed by atoms with Crippen molar-refractivity contribution in [2.24, 2.45) is 0 Å². The van der Waals surface area contributed by atoms with Gasteiger partial charge in [0.25, 0.3) is 0 Å². The Kier molecular flexibility index (Phi) is 7.41. The van der Waals surface area contributed by atoms with Gasteiger partial charge in [-0.2, -0.15) is 0 Å². The van der Waals surface area contributed by atoms with E-state index in [1.165, 1.54) is 10.5 Å². The van der Waals surface area contributed by atoms with E-state index >= 15 is 0 Å². The Balaban J connectivity index is 1.56. The van der Waals surface area contributed by atoms with Crippen molar-refractivity contribution in [1.82, 2.24) is 0 Å². The predicted molar refractivity (Wildman–Crippen MR) is 133 cm³/mol. The molecular weight excluding hydrogens is 390 g/mol. The summed E-state index contributed by atoms with van der Waals surface area (Å²) >= 11 is 0. The van der Waals surface area contributed by atoms with Crippen molar-refractivity contribution >= 4 is 17.9 Å². The Bertz CT molecular complexity index is 1070. The zero-order valence-corrected chi connectivity index (χ0v) is 18.2. The number of likely N-dealkylation sites (tertiary alicyclic amines) is 1. The Morgan fingerprint density at radius 3 is 1.53 bits per heavy atom. The summed E-state index contributed by atoms with van der Waals surface area (Å²) < 4.78 is 0. The van der Waals surface area contributed by atoms with Crippen LogP contribution in [0, 0.1) is 0 Å². The minimum atomic E-state index is 0.150. The molecule has 0 aliphatic carbocycles. The second kappa shape index (κ2) is 11.0. The Morgan fingerprint density at radius 2 is 1.06 bits per heavy atom. The summed E-state index contributed by atoms with van der Waals surface area (Å²) in [4.78, 5) is 14.6. The SMILES string of the molecule is O=C1/C(=C\C=C\c2ccccc2)C[NH+](Cc2ccccc2)C/C1=C\C=C\c1ccccc1. The second-order valence-corrected chi connectivity index (χ2v) is 8.02. The number of carbonyl (C=O) groups is 1. The molecule has 0 spiro atoms. The predicted octanol–water partition coefficient (Wildman–Crippen LogP) is 4.93. The lowest BCUT2D eigenvalue weighted by molar-refractivity contribution is -0.905. The van der Waals surface area contributed by atoms with Crippen LogP contribution < -0.4 is 4.90 Å². The first kappa shape index (κ1) is 21.5. The number of benzene rings is 3. The maximum Gasteiger partial charge on any atom is 0.196 e. The quantitative estimate of drug-likeness (QED) is 0.563. The lowest BCUT2D eigenvalue weighted by Gasteiger charge is -2.26. The number of ketones is 1. The molecule has 0 saturated carbocycles. The Hall–Kier alpha value is -3.75. The fourth-order valence-corrected chi connectivity index (χ4v) is 3.93. The molecule has 1 unspecified atom stereocenters. The number of carbonyl (C=O) groups excluding carboxylic acids is 1. The first-order chi connectivity index (χ1) is 15.8.